The van der Waals surface area contributed by atoms with Crippen LogP contribution >= 0.6 is 11.3 Å². The second-order valence-corrected chi connectivity index (χ2v) is 18.9. The predicted octanol–water partition coefficient (Wildman–Crippen LogP) is 6.43. The number of carbonyl (C=O) groups is 6. The summed E-state index contributed by atoms with van der Waals surface area (Å²) in [6.07, 6.45) is 4.27. The van der Waals surface area contributed by atoms with E-state index in [9.17, 15) is 33.9 Å². The summed E-state index contributed by atoms with van der Waals surface area (Å²) in [6, 6.07) is 11.5. The van der Waals surface area contributed by atoms with Crippen LogP contribution in [-0.4, -0.2) is 117 Å². The summed E-state index contributed by atoms with van der Waals surface area (Å²) in [5.41, 5.74) is 0.727. The summed E-state index contributed by atoms with van der Waals surface area (Å²) in [7, 11) is 1.56. The van der Waals surface area contributed by atoms with Gasteiger partial charge in [0.1, 0.15) is 47.0 Å². The molecule has 17 nitrogen and oxygen atoms in total. The number of carbonyl (C=O) groups excluding carboxylic acids is 5. The molecule has 5 amide bonds. The van der Waals surface area contributed by atoms with Crippen molar-refractivity contribution < 1.29 is 48.1 Å². The minimum atomic E-state index is -1.53. The molecule has 8 rings (SSSR count). The quantitative estimate of drug-likeness (QED) is 0.0891. The number of nitrogens with zero attached hydrogens (tertiary/aromatic N) is 4. The van der Waals surface area contributed by atoms with Crippen molar-refractivity contribution in [3.05, 3.63) is 77.2 Å². The number of anilines is 1. The number of amides is 5. The zero-order valence-corrected chi connectivity index (χ0v) is 38.4. The number of ether oxygens (including phenoxy) is 3. The summed E-state index contributed by atoms with van der Waals surface area (Å²) in [5, 5.41) is 22.5. The van der Waals surface area contributed by atoms with E-state index in [1.165, 1.54) is 16.2 Å². The molecule has 4 N–H and O–H groups in total. The summed E-state index contributed by atoms with van der Waals surface area (Å²) in [5.74, 6) is -3.09. The molecular formula is C48H55N7O10S. The Morgan fingerprint density at radius 1 is 0.985 bits per heavy atom. The highest BCUT2D eigenvalue weighted by Crippen LogP contribution is 2.46. The van der Waals surface area contributed by atoms with Gasteiger partial charge < -0.3 is 40.2 Å². The highest BCUT2D eigenvalue weighted by Gasteiger charge is 2.61. The van der Waals surface area contributed by atoms with Gasteiger partial charge in [0.2, 0.25) is 11.8 Å². The number of fused-ring (bicyclic) bond motifs is 4. The van der Waals surface area contributed by atoms with Gasteiger partial charge in [-0.1, -0.05) is 51.0 Å². The number of thiazole rings is 1. The lowest BCUT2D eigenvalue weighted by atomic mass is 10.0. The molecule has 4 aromatic rings. The Balaban J connectivity index is 1.07. The van der Waals surface area contributed by atoms with Gasteiger partial charge in [-0.05, 0) is 69.7 Å². The van der Waals surface area contributed by atoms with Gasteiger partial charge in [0, 0.05) is 41.3 Å². The number of benzene rings is 2. The molecule has 1 saturated heterocycles. The SMILES string of the molecule is COc1ccc2c(O[C@@H]3C[C@H]4C(=O)N[C@]5(C(=O)O)CC5C=CCCCCC[C@H](NC(=O)O[C@H](CN5C(=O)c6ccccc6C5=O)C(C)C)C(=O)N4C3)cc(-c3csc(NC(C)C)n3)nc2c1. The van der Waals surface area contributed by atoms with Gasteiger partial charge in [-0.2, -0.15) is 0 Å². The van der Waals surface area contributed by atoms with Crippen molar-refractivity contribution in [1.82, 2.24) is 30.4 Å². The number of nitrogens with one attached hydrogen (secondary N) is 3. The maximum Gasteiger partial charge on any atom is 0.408 e. The van der Waals surface area contributed by atoms with E-state index in [2.05, 4.69) is 16.0 Å². The van der Waals surface area contributed by atoms with Crippen LogP contribution in [-0.2, 0) is 19.1 Å². The second-order valence-electron chi connectivity index (χ2n) is 18.0. The molecule has 18 heteroatoms. The van der Waals surface area contributed by atoms with Gasteiger partial charge in [0.25, 0.3) is 11.8 Å². The predicted molar refractivity (Wildman–Crippen MR) is 245 cm³/mol. The molecule has 348 valence electrons. The lowest BCUT2D eigenvalue weighted by Crippen LogP contribution is -2.56. The lowest BCUT2D eigenvalue weighted by molar-refractivity contribution is -0.145. The van der Waals surface area contributed by atoms with Crippen LogP contribution in [0.2, 0.25) is 0 Å². The fraction of sp³-hybridized carbons (Fsp3) is 0.458. The zero-order chi connectivity index (χ0) is 46.9. The fourth-order valence-electron chi connectivity index (χ4n) is 8.85. The van der Waals surface area contributed by atoms with Crippen molar-refractivity contribution in [2.45, 2.75) is 109 Å². The summed E-state index contributed by atoms with van der Waals surface area (Å²) >= 11 is 1.44. The van der Waals surface area contributed by atoms with Crippen molar-refractivity contribution >= 4 is 63.1 Å². The van der Waals surface area contributed by atoms with Crippen LogP contribution < -0.4 is 25.4 Å². The fourth-order valence-corrected chi connectivity index (χ4v) is 9.70. The molecule has 2 aromatic heterocycles. The average molecular weight is 922 g/mol. The van der Waals surface area contributed by atoms with Gasteiger partial charge in [-0.3, -0.25) is 24.1 Å². The number of hydrogen-bond donors (Lipinski definition) is 4. The molecule has 3 aliphatic heterocycles. The van der Waals surface area contributed by atoms with Crippen molar-refractivity contribution in [3.8, 4) is 22.9 Å². The van der Waals surface area contributed by atoms with E-state index in [-0.39, 0.29) is 55.4 Å². The Bertz CT molecular complexity index is 2540. The first kappa shape index (κ1) is 46.0. The third-order valence-corrected chi connectivity index (χ3v) is 13.4. The maximum absolute atomic E-state index is 14.9. The number of carboxylic acids is 1. The first-order valence-electron chi connectivity index (χ1n) is 22.5. The van der Waals surface area contributed by atoms with Crippen LogP contribution in [0, 0.1) is 11.8 Å². The summed E-state index contributed by atoms with van der Waals surface area (Å²) < 4.78 is 18.2. The van der Waals surface area contributed by atoms with E-state index in [1.54, 1.807) is 63.4 Å². The van der Waals surface area contributed by atoms with E-state index in [0.29, 0.717) is 53.1 Å². The number of imide groups is 1. The van der Waals surface area contributed by atoms with Crippen molar-refractivity contribution in [2.24, 2.45) is 11.8 Å². The number of pyridine rings is 1. The number of alkyl carbamates (subject to hydrolysis) is 1. The van der Waals surface area contributed by atoms with Crippen LogP contribution in [0.4, 0.5) is 9.93 Å². The van der Waals surface area contributed by atoms with Crippen LogP contribution in [0.25, 0.3) is 22.3 Å². The highest BCUT2D eigenvalue weighted by atomic mass is 32.1. The third kappa shape index (κ3) is 9.55. The molecular weight excluding hydrogens is 867 g/mol. The molecule has 0 spiro atoms. The van der Waals surface area contributed by atoms with E-state index >= 15 is 0 Å². The Morgan fingerprint density at radius 2 is 1.74 bits per heavy atom. The average Bonchev–Trinajstić information content (AvgIpc) is 3.51. The Hall–Kier alpha value is -6.56. The molecule has 0 bridgehead atoms. The maximum atomic E-state index is 14.9. The van der Waals surface area contributed by atoms with Gasteiger partial charge in [0.05, 0.1) is 42.5 Å². The largest absolute Gasteiger partial charge is 0.497 e. The van der Waals surface area contributed by atoms with Crippen molar-refractivity contribution in [2.75, 3.05) is 25.5 Å². The minimum absolute atomic E-state index is 0.00904. The van der Waals surface area contributed by atoms with Gasteiger partial charge >= 0.3 is 12.1 Å². The number of rotatable bonds is 12. The zero-order valence-electron chi connectivity index (χ0n) is 37.6. The number of carboxylic acid groups (broad SMARTS) is 1. The monoisotopic (exact) mass is 921 g/mol. The van der Waals surface area contributed by atoms with Gasteiger partial charge in [-0.15, -0.1) is 11.3 Å². The molecule has 66 heavy (non-hydrogen) atoms. The van der Waals surface area contributed by atoms with Crippen LogP contribution in [0.5, 0.6) is 11.5 Å². The summed E-state index contributed by atoms with van der Waals surface area (Å²) in [6.45, 7) is 7.37. The van der Waals surface area contributed by atoms with Crippen LogP contribution in [0.15, 0.2) is 66.1 Å². The molecule has 1 aliphatic carbocycles. The number of aliphatic carboxylic acids is 1. The Kier molecular flexibility index (Phi) is 13.3. The molecule has 1 saturated carbocycles. The van der Waals surface area contributed by atoms with Gasteiger partial charge in [0.15, 0.2) is 5.13 Å². The molecule has 1 unspecified atom stereocenters. The molecule has 2 fully saturated rings. The normalized spacial score (nSPS) is 23.7. The molecule has 6 atom stereocenters. The standard InChI is InChI=1S/C48H55N7O10S/c1-26(2)40(24-55-42(57)31-14-11-12-15-32(31)43(55)58)65-47(62)52-34-16-10-8-6-7-9-13-28-22-48(28,45(60)61)53-41(56)38-20-30(23-54(38)44(34)59)64-39-21-36(37-25-66-46(51-37)49-27(3)4)50-35-19-29(63-5)17-18-33(35)39/h9,11-15,17-19,21,25-28,30,34,38,40H,6-8,10,16,20,22-24H2,1-5H3,(H,49,51)(H,52,62)(H,53,56)(H,60,61)/t28?,30-,34+,38+,40-,48-/m1/s1. The number of hydrogen-bond acceptors (Lipinski definition) is 13. The first-order valence-corrected chi connectivity index (χ1v) is 23.4. The smallest absolute Gasteiger partial charge is 0.408 e. The van der Waals surface area contributed by atoms with E-state index in [0.717, 1.165) is 16.5 Å². The first-order chi connectivity index (χ1) is 31.6. The third-order valence-electron chi connectivity index (χ3n) is 12.6. The summed E-state index contributed by atoms with van der Waals surface area (Å²) in [4.78, 5) is 94.4. The van der Waals surface area contributed by atoms with Crippen LogP contribution in [0.1, 0.15) is 93.4 Å². The second kappa shape index (κ2) is 19.1. The van der Waals surface area contributed by atoms with Crippen LogP contribution in [0.3, 0.4) is 0 Å². The molecule has 4 aliphatic rings. The molecule has 0 radical (unpaired) electrons. The number of allylic oxidation sites excluding steroid dienone is 1. The van der Waals surface area contributed by atoms with E-state index in [4.69, 9.17) is 24.2 Å². The molecule has 5 heterocycles. The van der Waals surface area contributed by atoms with Crippen molar-refractivity contribution in [1.29, 1.82) is 0 Å². The van der Waals surface area contributed by atoms with E-state index in [1.807, 2.05) is 37.4 Å². The van der Waals surface area contributed by atoms with Crippen molar-refractivity contribution in [3.63, 3.8) is 0 Å². The Morgan fingerprint density at radius 3 is 2.44 bits per heavy atom. The topological polar surface area (TPSA) is 219 Å². The highest BCUT2D eigenvalue weighted by molar-refractivity contribution is 7.14. The lowest BCUT2D eigenvalue weighted by Gasteiger charge is -2.30. The minimum Gasteiger partial charge on any atom is -0.497 e. The van der Waals surface area contributed by atoms with Gasteiger partial charge in [-0.25, -0.2) is 19.6 Å². The van der Waals surface area contributed by atoms with E-state index < -0.39 is 71.4 Å². The molecule has 2 aromatic carbocycles. The number of methoxy groups -OCH3 is 1. The number of aromatic nitrogens is 2. The Labute approximate surface area is 386 Å².